The zero-order valence-corrected chi connectivity index (χ0v) is 22.5. The van der Waals surface area contributed by atoms with Crippen LogP contribution in [0.3, 0.4) is 0 Å². The van der Waals surface area contributed by atoms with Gasteiger partial charge in [0.05, 0.1) is 16.3 Å². The first-order valence-corrected chi connectivity index (χ1v) is 14.0. The smallest absolute Gasteiger partial charge is 0.325 e. The topological polar surface area (TPSA) is 268 Å². The molecular weight excluding hydrogens is 619 g/mol. The molecule has 0 aliphatic rings. The number of benzene rings is 2. The van der Waals surface area contributed by atoms with Crippen molar-refractivity contribution in [2.24, 2.45) is 0 Å². The molecule has 2 aromatic carbocycles. The van der Waals surface area contributed by atoms with Gasteiger partial charge >= 0.3 is 10.1 Å². The minimum Gasteiger partial charge on any atom is -0.398 e. The zero-order chi connectivity index (χ0) is 29.4. The Labute approximate surface area is 234 Å². The maximum atomic E-state index is 12.8. The average Bonchev–Trinajstić information content (AvgIpc) is 3.17. The normalized spacial score (nSPS) is 12.8. The fourth-order valence-corrected chi connectivity index (χ4v) is 4.84. The van der Waals surface area contributed by atoms with E-state index in [1.54, 1.807) is 0 Å². The minimum absolute atomic E-state index is 0.0499. The van der Waals surface area contributed by atoms with E-state index >= 15 is 0 Å². The molecule has 2 aromatic heterocycles. The number of nitrogens with two attached hydrogens (primary N) is 2. The fraction of sp³-hybridized carbons (Fsp3) is 0.0526. The van der Waals surface area contributed by atoms with Crippen LogP contribution in [0.5, 0.6) is 0 Å². The van der Waals surface area contributed by atoms with Crippen molar-refractivity contribution >= 4 is 66.4 Å². The van der Waals surface area contributed by atoms with Gasteiger partial charge in [0.25, 0.3) is 15.7 Å². The second-order valence-electron chi connectivity index (χ2n) is 7.59. The number of nitrogen functional groups attached to an aromatic ring is 2. The number of hydrogen-bond acceptors (Lipinski definition) is 14. The summed E-state index contributed by atoms with van der Waals surface area (Å²) in [7, 11) is -9.27. The van der Waals surface area contributed by atoms with E-state index < -0.39 is 53.3 Å². The van der Waals surface area contributed by atoms with Gasteiger partial charge < -0.3 is 21.9 Å². The molecule has 0 saturated carbocycles. The quantitative estimate of drug-likeness (QED) is 0.0495. The highest BCUT2D eigenvalue weighted by molar-refractivity contribution is 7.86. The summed E-state index contributed by atoms with van der Waals surface area (Å²) in [6, 6.07) is 7.95. The molecule has 0 bridgehead atoms. The number of H-pyrrole nitrogens is 1. The number of hydrogen-bond donors (Lipinski definition) is 6. The first kappa shape index (κ1) is 29.2. The number of rotatable bonds is 9. The van der Waals surface area contributed by atoms with Gasteiger partial charge in [-0.25, -0.2) is 4.68 Å². The Hall–Kier alpha value is -3.82. The summed E-state index contributed by atoms with van der Waals surface area (Å²) in [5, 5.41) is 14.9. The summed E-state index contributed by atoms with van der Waals surface area (Å²) >= 11 is 11.4. The number of aliphatic hydroxyl groups excluding tert-OH is 1. The van der Waals surface area contributed by atoms with E-state index in [0.717, 1.165) is 35.0 Å². The first-order valence-electron chi connectivity index (χ1n) is 10.4. The lowest BCUT2D eigenvalue weighted by Crippen LogP contribution is -2.16. The molecule has 17 nitrogen and oxygen atoms in total. The molecule has 2 heterocycles. The van der Waals surface area contributed by atoms with Gasteiger partial charge in [0.2, 0.25) is 22.8 Å². The number of nitrogens with one attached hydrogen (secondary N) is 2. The molecule has 8 N–H and O–H groups in total. The second-order valence-corrected chi connectivity index (χ2v) is 11.2. The molecule has 0 spiro atoms. The standard InChI is InChI=1S/C19H16Cl2N8O9S2/c20-17-25-18(21)27-19(26-17)24-8-1-6-11(22)12(7-8)40(35,36)38-37-16(31)14-13(23)15(30)29(28-14)9-2-4-10(5-3-9)39(32,33)34/h1-7,16,28,31H,22-23H2,(H,32,33,34)(H,24,25,26,27). The molecule has 4 rings (SSSR count). The second kappa shape index (κ2) is 11.0. The summed E-state index contributed by atoms with van der Waals surface area (Å²) < 4.78 is 62.3. The first-order chi connectivity index (χ1) is 18.7. The lowest BCUT2D eigenvalue weighted by atomic mass is 10.3. The van der Waals surface area contributed by atoms with E-state index in [9.17, 15) is 26.7 Å². The Balaban J connectivity index is 1.53. The van der Waals surface area contributed by atoms with Crippen molar-refractivity contribution in [3.05, 3.63) is 69.1 Å². The van der Waals surface area contributed by atoms with Crippen molar-refractivity contribution in [2.75, 3.05) is 16.8 Å². The molecule has 212 valence electrons. The van der Waals surface area contributed by atoms with Crippen molar-refractivity contribution in [1.29, 1.82) is 0 Å². The van der Waals surface area contributed by atoms with Gasteiger partial charge in [-0.1, -0.05) is 4.33 Å². The summed E-state index contributed by atoms with van der Waals surface area (Å²) in [6.07, 6.45) is -2.22. The van der Waals surface area contributed by atoms with Crippen LogP contribution in [0.15, 0.2) is 57.1 Å². The molecule has 0 aliphatic carbocycles. The SMILES string of the molecule is Nc1ccc(Nc2nc(Cl)nc(Cl)n2)cc1S(=O)(=O)OOC(O)c1[nH]n(-c2ccc(S(=O)(=O)O)cc2)c(=O)c1N. The number of aliphatic hydroxyl groups is 1. The predicted molar refractivity (Wildman–Crippen MR) is 139 cm³/mol. The van der Waals surface area contributed by atoms with Crippen LogP contribution >= 0.6 is 23.2 Å². The van der Waals surface area contributed by atoms with Crippen molar-refractivity contribution in [3.63, 3.8) is 0 Å². The number of aromatic amines is 1. The Bertz CT molecular complexity index is 1840. The summed E-state index contributed by atoms with van der Waals surface area (Å²) in [5.74, 6) is -0.109. The molecule has 21 heteroatoms. The van der Waals surface area contributed by atoms with Crippen LogP contribution in [-0.2, 0) is 29.5 Å². The van der Waals surface area contributed by atoms with Gasteiger partial charge in [-0.3, -0.25) is 14.4 Å². The Morgan fingerprint density at radius 3 is 2.23 bits per heavy atom. The highest BCUT2D eigenvalue weighted by Crippen LogP contribution is 2.28. The van der Waals surface area contributed by atoms with Crippen molar-refractivity contribution in [2.45, 2.75) is 16.1 Å². The Kier molecular flexibility index (Phi) is 8.01. The molecule has 0 aliphatic heterocycles. The van der Waals surface area contributed by atoms with Gasteiger partial charge in [-0.05, 0) is 65.7 Å². The third-order valence-electron chi connectivity index (χ3n) is 4.94. The monoisotopic (exact) mass is 634 g/mol. The largest absolute Gasteiger partial charge is 0.398 e. The van der Waals surface area contributed by atoms with Gasteiger partial charge in [0, 0.05) is 5.69 Å². The minimum atomic E-state index is -4.78. The maximum absolute atomic E-state index is 12.8. The van der Waals surface area contributed by atoms with Gasteiger partial charge in [-0.15, -0.1) is 0 Å². The van der Waals surface area contributed by atoms with Crippen molar-refractivity contribution < 1.29 is 35.7 Å². The molecule has 0 saturated heterocycles. The molecule has 0 radical (unpaired) electrons. The van der Waals surface area contributed by atoms with Crippen LogP contribution in [0, 0.1) is 0 Å². The van der Waals surface area contributed by atoms with Crippen LogP contribution in [0.4, 0.5) is 23.0 Å². The third kappa shape index (κ3) is 6.32. The van der Waals surface area contributed by atoms with Crippen LogP contribution in [0.1, 0.15) is 12.0 Å². The van der Waals surface area contributed by atoms with E-state index in [1.165, 1.54) is 12.1 Å². The van der Waals surface area contributed by atoms with Crippen molar-refractivity contribution in [3.8, 4) is 5.69 Å². The van der Waals surface area contributed by atoms with E-state index in [4.69, 9.17) is 39.2 Å². The molecular formula is C19H16Cl2N8O9S2. The zero-order valence-electron chi connectivity index (χ0n) is 19.4. The Morgan fingerprint density at radius 2 is 1.62 bits per heavy atom. The van der Waals surface area contributed by atoms with Crippen LogP contribution in [0.25, 0.3) is 5.69 Å². The molecule has 4 aromatic rings. The van der Waals surface area contributed by atoms with E-state index in [2.05, 4.69) is 34.6 Å². The van der Waals surface area contributed by atoms with Crippen LogP contribution in [0.2, 0.25) is 10.6 Å². The van der Waals surface area contributed by atoms with E-state index in [1.807, 2.05) is 0 Å². The molecule has 1 atom stereocenters. The van der Waals surface area contributed by atoms with Gasteiger partial charge in [-0.2, -0.15) is 36.7 Å². The van der Waals surface area contributed by atoms with Gasteiger partial charge in [0.15, 0.2) is 0 Å². The van der Waals surface area contributed by atoms with E-state index in [0.29, 0.717) is 0 Å². The number of aromatic nitrogens is 5. The number of anilines is 4. The Morgan fingerprint density at radius 1 is 1.00 bits per heavy atom. The lowest BCUT2D eigenvalue weighted by molar-refractivity contribution is -0.308. The molecule has 1 unspecified atom stereocenters. The highest BCUT2D eigenvalue weighted by Gasteiger charge is 2.26. The lowest BCUT2D eigenvalue weighted by Gasteiger charge is -2.12. The molecule has 0 fully saturated rings. The van der Waals surface area contributed by atoms with E-state index in [-0.39, 0.29) is 33.6 Å². The van der Waals surface area contributed by atoms with Crippen molar-refractivity contribution in [1.82, 2.24) is 24.7 Å². The number of nitrogens with zero attached hydrogens (tertiary/aromatic N) is 4. The molecule has 40 heavy (non-hydrogen) atoms. The molecule has 0 amide bonds. The van der Waals surface area contributed by atoms with Crippen LogP contribution < -0.4 is 22.3 Å². The fourth-order valence-electron chi connectivity index (χ4n) is 3.12. The number of halogens is 2. The third-order valence-corrected chi connectivity index (χ3v) is 7.29. The maximum Gasteiger partial charge on any atom is 0.325 e. The summed E-state index contributed by atoms with van der Waals surface area (Å²) in [4.78, 5) is 27.3. The van der Waals surface area contributed by atoms with Gasteiger partial charge in [0.1, 0.15) is 16.3 Å². The highest BCUT2D eigenvalue weighted by atomic mass is 35.5. The van der Waals surface area contributed by atoms with Crippen LogP contribution in [-0.4, -0.2) is 51.2 Å². The summed E-state index contributed by atoms with van der Waals surface area (Å²) in [6.45, 7) is 0. The summed E-state index contributed by atoms with van der Waals surface area (Å²) in [5.41, 5.74) is 9.42. The predicted octanol–water partition coefficient (Wildman–Crippen LogP) is 1.14. The average molecular weight is 635 g/mol.